The lowest BCUT2D eigenvalue weighted by Crippen LogP contribution is -2.46. The molecule has 1 amide bonds. The molecule has 6 heteroatoms. The molecule has 5 nitrogen and oxygen atoms in total. The maximum atomic E-state index is 12.1. The summed E-state index contributed by atoms with van der Waals surface area (Å²) in [6.07, 6.45) is 1.94. The molecule has 0 bridgehead atoms. The first kappa shape index (κ1) is 15.0. The highest BCUT2D eigenvalue weighted by Crippen LogP contribution is 2.14. The Morgan fingerprint density at radius 3 is 2.78 bits per heavy atom. The van der Waals surface area contributed by atoms with Crippen LogP contribution < -0.4 is 10.6 Å². The molecule has 0 spiro atoms. The number of halogens is 1. The van der Waals surface area contributed by atoms with Crippen LogP contribution in [0.15, 0.2) is 4.52 Å². The number of hydrogen-bond acceptors (Lipinski definition) is 4. The average Bonchev–Trinajstić information content (AvgIpc) is 2.58. The molecule has 0 saturated carbocycles. The minimum atomic E-state index is -0.0691. The van der Waals surface area contributed by atoms with Gasteiger partial charge >= 0.3 is 0 Å². The molecule has 2 unspecified atom stereocenters. The van der Waals surface area contributed by atoms with Gasteiger partial charge in [0.25, 0.3) is 5.91 Å². The highest BCUT2D eigenvalue weighted by molar-refractivity contribution is 5.96. The van der Waals surface area contributed by atoms with Gasteiger partial charge in [-0.25, -0.2) is 0 Å². The lowest BCUT2D eigenvalue weighted by molar-refractivity contribution is 0.0923. The fraction of sp³-hybridized carbons (Fsp3) is 0.667. The first-order valence-corrected chi connectivity index (χ1v) is 6.05. The molecule has 2 heterocycles. The maximum absolute atomic E-state index is 12.1. The molecule has 0 aliphatic carbocycles. The van der Waals surface area contributed by atoms with Gasteiger partial charge in [-0.2, -0.15) is 0 Å². The lowest BCUT2D eigenvalue weighted by Gasteiger charge is -2.28. The number of carbonyl (C=O) groups excluding carboxylic acids is 1. The first-order chi connectivity index (χ1) is 8.08. The van der Waals surface area contributed by atoms with Gasteiger partial charge in [-0.1, -0.05) is 5.16 Å². The highest BCUT2D eigenvalue weighted by atomic mass is 35.5. The van der Waals surface area contributed by atoms with Crippen LogP contribution in [0.5, 0.6) is 0 Å². The SMILES string of the molecule is Cc1noc(C)c1C(=O)NC1CCNC(C)C1.Cl. The monoisotopic (exact) mass is 273 g/mol. The van der Waals surface area contributed by atoms with Crippen molar-refractivity contribution in [3.63, 3.8) is 0 Å². The Hall–Kier alpha value is -1.07. The second kappa shape index (κ2) is 6.20. The molecule has 1 aromatic heterocycles. The highest BCUT2D eigenvalue weighted by Gasteiger charge is 2.23. The fourth-order valence-corrected chi connectivity index (χ4v) is 2.33. The van der Waals surface area contributed by atoms with E-state index in [0.29, 0.717) is 23.1 Å². The fourth-order valence-electron chi connectivity index (χ4n) is 2.33. The molecule has 102 valence electrons. The lowest BCUT2D eigenvalue weighted by atomic mass is 10.00. The minimum Gasteiger partial charge on any atom is -0.361 e. The third-order valence-corrected chi connectivity index (χ3v) is 3.22. The van der Waals surface area contributed by atoms with Gasteiger partial charge in [0.05, 0.1) is 5.69 Å². The van der Waals surface area contributed by atoms with E-state index >= 15 is 0 Å². The van der Waals surface area contributed by atoms with Gasteiger partial charge in [0.1, 0.15) is 11.3 Å². The van der Waals surface area contributed by atoms with E-state index in [2.05, 4.69) is 22.7 Å². The second-order valence-corrected chi connectivity index (χ2v) is 4.75. The van der Waals surface area contributed by atoms with Crippen molar-refractivity contribution in [2.24, 2.45) is 0 Å². The number of aryl methyl sites for hydroxylation is 2. The zero-order valence-corrected chi connectivity index (χ0v) is 11.8. The number of rotatable bonds is 2. The quantitative estimate of drug-likeness (QED) is 0.859. The van der Waals surface area contributed by atoms with Crippen molar-refractivity contribution in [2.75, 3.05) is 6.54 Å². The molecule has 0 aromatic carbocycles. The predicted molar refractivity (Wildman–Crippen MR) is 71.2 cm³/mol. The van der Waals surface area contributed by atoms with Crippen molar-refractivity contribution in [1.29, 1.82) is 0 Å². The van der Waals surface area contributed by atoms with Crippen molar-refractivity contribution in [3.05, 3.63) is 17.0 Å². The van der Waals surface area contributed by atoms with Gasteiger partial charge < -0.3 is 15.2 Å². The van der Waals surface area contributed by atoms with E-state index in [-0.39, 0.29) is 24.4 Å². The number of piperidine rings is 1. The van der Waals surface area contributed by atoms with Crippen LogP contribution in [-0.2, 0) is 0 Å². The Bertz CT molecular complexity index is 400. The predicted octanol–water partition coefficient (Wildman–Crippen LogP) is 1.58. The summed E-state index contributed by atoms with van der Waals surface area (Å²) in [4.78, 5) is 12.1. The Morgan fingerprint density at radius 1 is 1.50 bits per heavy atom. The molecule has 0 radical (unpaired) electrons. The molecule has 1 aliphatic rings. The molecule has 1 aliphatic heterocycles. The summed E-state index contributed by atoms with van der Waals surface area (Å²) in [6.45, 7) is 6.64. The van der Waals surface area contributed by atoms with E-state index in [0.717, 1.165) is 19.4 Å². The molecule has 2 rings (SSSR count). The number of hydrogen-bond donors (Lipinski definition) is 2. The topological polar surface area (TPSA) is 67.2 Å². The number of aromatic nitrogens is 1. The smallest absolute Gasteiger partial charge is 0.257 e. The van der Waals surface area contributed by atoms with Gasteiger partial charge in [0.2, 0.25) is 0 Å². The largest absolute Gasteiger partial charge is 0.361 e. The summed E-state index contributed by atoms with van der Waals surface area (Å²) < 4.78 is 5.00. The molecule has 1 fully saturated rings. The Kier molecular flexibility index (Phi) is 5.16. The Balaban J connectivity index is 0.00000162. The summed E-state index contributed by atoms with van der Waals surface area (Å²) in [6, 6.07) is 0.700. The number of nitrogens with one attached hydrogen (secondary N) is 2. The van der Waals surface area contributed by atoms with Crippen LogP contribution in [0.1, 0.15) is 41.6 Å². The van der Waals surface area contributed by atoms with Crippen LogP contribution in [0.2, 0.25) is 0 Å². The molecular weight excluding hydrogens is 254 g/mol. The summed E-state index contributed by atoms with van der Waals surface area (Å²) in [5.41, 5.74) is 1.23. The molecule has 2 N–H and O–H groups in total. The van der Waals surface area contributed by atoms with Crippen LogP contribution in [0.25, 0.3) is 0 Å². The van der Waals surface area contributed by atoms with E-state index in [1.165, 1.54) is 0 Å². The maximum Gasteiger partial charge on any atom is 0.257 e. The second-order valence-electron chi connectivity index (χ2n) is 4.75. The number of amides is 1. The molecule has 1 saturated heterocycles. The molecular formula is C12H20ClN3O2. The average molecular weight is 274 g/mol. The number of carbonyl (C=O) groups is 1. The normalized spacial score (nSPS) is 23.3. The van der Waals surface area contributed by atoms with Crippen LogP contribution in [-0.4, -0.2) is 29.7 Å². The number of nitrogens with zero attached hydrogens (tertiary/aromatic N) is 1. The molecule has 18 heavy (non-hydrogen) atoms. The summed E-state index contributed by atoms with van der Waals surface area (Å²) in [7, 11) is 0. The van der Waals surface area contributed by atoms with Crippen LogP contribution >= 0.6 is 12.4 Å². The van der Waals surface area contributed by atoms with Crippen molar-refractivity contribution < 1.29 is 9.32 Å². The van der Waals surface area contributed by atoms with E-state index in [9.17, 15) is 4.79 Å². The standard InChI is InChI=1S/C12H19N3O2.ClH/c1-7-6-10(4-5-13-7)14-12(16)11-8(2)15-17-9(11)3;/h7,10,13H,4-6H2,1-3H3,(H,14,16);1H. The van der Waals surface area contributed by atoms with Crippen molar-refractivity contribution >= 4 is 18.3 Å². The van der Waals surface area contributed by atoms with Gasteiger partial charge in [-0.05, 0) is 40.2 Å². The van der Waals surface area contributed by atoms with Gasteiger partial charge in [0, 0.05) is 12.1 Å². The Morgan fingerprint density at radius 2 is 2.22 bits per heavy atom. The minimum absolute atomic E-state index is 0. The van der Waals surface area contributed by atoms with E-state index in [1.54, 1.807) is 13.8 Å². The summed E-state index contributed by atoms with van der Waals surface area (Å²) in [5.74, 6) is 0.516. The van der Waals surface area contributed by atoms with Crippen LogP contribution in [0.3, 0.4) is 0 Å². The summed E-state index contributed by atoms with van der Waals surface area (Å²) >= 11 is 0. The van der Waals surface area contributed by atoms with Gasteiger partial charge in [-0.3, -0.25) is 4.79 Å². The van der Waals surface area contributed by atoms with E-state index < -0.39 is 0 Å². The van der Waals surface area contributed by atoms with Crippen LogP contribution in [0, 0.1) is 13.8 Å². The first-order valence-electron chi connectivity index (χ1n) is 6.05. The van der Waals surface area contributed by atoms with Crippen LogP contribution in [0.4, 0.5) is 0 Å². The molecule has 1 aromatic rings. The van der Waals surface area contributed by atoms with Crippen molar-refractivity contribution in [3.8, 4) is 0 Å². The third-order valence-electron chi connectivity index (χ3n) is 3.22. The van der Waals surface area contributed by atoms with Crippen molar-refractivity contribution in [2.45, 2.75) is 45.7 Å². The van der Waals surface area contributed by atoms with E-state index in [4.69, 9.17) is 4.52 Å². The van der Waals surface area contributed by atoms with Gasteiger partial charge in [0.15, 0.2) is 0 Å². The zero-order chi connectivity index (χ0) is 12.4. The Labute approximate surface area is 113 Å². The van der Waals surface area contributed by atoms with E-state index in [1.807, 2.05) is 0 Å². The summed E-state index contributed by atoms with van der Waals surface area (Å²) in [5, 5.41) is 10.2. The zero-order valence-electron chi connectivity index (χ0n) is 10.9. The van der Waals surface area contributed by atoms with Gasteiger partial charge in [-0.15, -0.1) is 12.4 Å². The van der Waals surface area contributed by atoms with Crippen molar-refractivity contribution in [1.82, 2.24) is 15.8 Å². The third kappa shape index (κ3) is 3.23. The molecule has 2 atom stereocenters.